The summed E-state index contributed by atoms with van der Waals surface area (Å²) >= 11 is 0.843. The van der Waals surface area contributed by atoms with E-state index in [9.17, 15) is 4.79 Å². The number of thiocyanates is 1. The molecule has 0 aliphatic heterocycles. The summed E-state index contributed by atoms with van der Waals surface area (Å²) in [6.07, 6.45) is 0. The largest absolute Gasteiger partial charge is 0.449 e. The molecule has 14 heavy (non-hydrogen) atoms. The van der Waals surface area contributed by atoms with Crippen molar-refractivity contribution >= 4 is 22.7 Å². The van der Waals surface area contributed by atoms with Crippen molar-refractivity contribution in [3.8, 4) is 5.40 Å². The molecule has 4 heteroatoms. The molecule has 2 aromatic rings. The van der Waals surface area contributed by atoms with Crippen LogP contribution in [-0.2, 0) is 0 Å². The highest BCUT2D eigenvalue weighted by atomic mass is 32.2. The molecule has 0 amide bonds. The van der Waals surface area contributed by atoms with Gasteiger partial charge in [0.1, 0.15) is 11.0 Å². The summed E-state index contributed by atoms with van der Waals surface area (Å²) in [6.45, 7) is 0. The Morgan fingerprint density at radius 3 is 2.93 bits per heavy atom. The Morgan fingerprint density at radius 1 is 1.36 bits per heavy atom. The van der Waals surface area contributed by atoms with E-state index in [1.807, 2.05) is 5.40 Å². The van der Waals surface area contributed by atoms with Crippen LogP contribution >= 0.6 is 11.8 Å². The minimum atomic E-state index is -0.121. The molecule has 0 bridgehead atoms. The first-order valence-corrected chi connectivity index (χ1v) is 4.72. The third-order valence-electron chi connectivity index (χ3n) is 1.76. The van der Waals surface area contributed by atoms with Gasteiger partial charge in [-0.05, 0) is 12.1 Å². The molecule has 2 rings (SSSR count). The van der Waals surface area contributed by atoms with Crippen molar-refractivity contribution in [3.05, 3.63) is 40.6 Å². The summed E-state index contributed by atoms with van der Waals surface area (Å²) in [7, 11) is 0. The summed E-state index contributed by atoms with van der Waals surface area (Å²) in [5.74, 6) is 0. The quantitative estimate of drug-likeness (QED) is 0.527. The second kappa shape index (κ2) is 3.56. The van der Waals surface area contributed by atoms with Gasteiger partial charge in [0.2, 0.25) is 0 Å². The monoisotopic (exact) mass is 203 g/mol. The molecular weight excluding hydrogens is 198 g/mol. The van der Waals surface area contributed by atoms with Crippen molar-refractivity contribution in [2.45, 2.75) is 5.09 Å². The zero-order valence-electron chi connectivity index (χ0n) is 7.06. The van der Waals surface area contributed by atoms with Crippen molar-refractivity contribution in [2.75, 3.05) is 0 Å². The summed E-state index contributed by atoms with van der Waals surface area (Å²) < 4.78 is 5.32. The van der Waals surface area contributed by atoms with Gasteiger partial charge in [0.25, 0.3) is 0 Å². The Hall–Kier alpha value is -1.73. The van der Waals surface area contributed by atoms with E-state index in [-0.39, 0.29) is 5.43 Å². The van der Waals surface area contributed by atoms with Gasteiger partial charge in [0.15, 0.2) is 10.5 Å². The van der Waals surface area contributed by atoms with Crippen molar-refractivity contribution in [2.24, 2.45) is 0 Å². The van der Waals surface area contributed by atoms with E-state index >= 15 is 0 Å². The van der Waals surface area contributed by atoms with Crippen LogP contribution in [0.25, 0.3) is 11.0 Å². The number of para-hydroxylation sites is 1. The van der Waals surface area contributed by atoms with E-state index in [2.05, 4.69) is 0 Å². The van der Waals surface area contributed by atoms with Gasteiger partial charge in [-0.1, -0.05) is 12.1 Å². The van der Waals surface area contributed by atoms with E-state index in [0.29, 0.717) is 16.1 Å². The van der Waals surface area contributed by atoms with Gasteiger partial charge >= 0.3 is 0 Å². The van der Waals surface area contributed by atoms with Crippen molar-refractivity contribution in [1.29, 1.82) is 5.26 Å². The minimum absolute atomic E-state index is 0.121. The Morgan fingerprint density at radius 2 is 2.14 bits per heavy atom. The van der Waals surface area contributed by atoms with Gasteiger partial charge in [-0.3, -0.25) is 4.79 Å². The number of rotatable bonds is 1. The Balaban J connectivity index is 2.74. The second-order valence-corrected chi connectivity index (χ2v) is 3.41. The van der Waals surface area contributed by atoms with Gasteiger partial charge in [-0.15, -0.1) is 0 Å². The molecule has 0 fully saturated rings. The van der Waals surface area contributed by atoms with Crippen molar-refractivity contribution in [3.63, 3.8) is 0 Å². The highest BCUT2D eigenvalue weighted by Gasteiger charge is 2.03. The predicted octanol–water partition coefficient (Wildman–Crippen LogP) is 2.37. The Kier molecular flexibility index (Phi) is 2.25. The maximum absolute atomic E-state index is 11.5. The fourth-order valence-corrected chi connectivity index (χ4v) is 1.56. The molecule has 0 atom stereocenters. The molecule has 0 saturated carbocycles. The van der Waals surface area contributed by atoms with Crippen LogP contribution in [0.2, 0.25) is 0 Å². The molecule has 0 spiro atoms. The van der Waals surface area contributed by atoms with Crippen LogP contribution in [0.1, 0.15) is 0 Å². The number of thioether (sulfide) groups is 1. The van der Waals surface area contributed by atoms with Crippen LogP contribution in [0, 0.1) is 10.7 Å². The first-order valence-electron chi connectivity index (χ1n) is 3.90. The van der Waals surface area contributed by atoms with Crippen LogP contribution in [0.4, 0.5) is 0 Å². The molecule has 68 valence electrons. The van der Waals surface area contributed by atoms with Crippen molar-refractivity contribution in [1.82, 2.24) is 0 Å². The van der Waals surface area contributed by atoms with E-state index in [0.717, 1.165) is 11.8 Å². The van der Waals surface area contributed by atoms with Crippen LogP contribution < -0.4 is 5.43 Å². The average Bonchev–Trinajstić information content (AvgIpc) is 2.18. The van der Waals surface area contributed by atoms with Gasteiger partial charge in [0, 0.05) is 17.8 Å². The molecule has 0 saturated heterocycles. The number of fused-ring (bicyclic) bond motifs is 1. The summed E-state index contributed by atoms with van der Waals surface area (Å²) in [5.41, 5.74) is 0.391. The molecule has 0 N–H and O–H groups in total. The highest BCUT2D eigenvalue weighted by Crippen LogP contribution is 2.19. The number of benzene rings is 1. The van der Waals surface area contributed by atoms with Crippen LogP contribution in [0.15, 0.2) is 44.6 Å². The second-order valence-electron chi connectivity index (χ2n) is 2.62. The Labute approximate surface area is 84.0 Å². The zero-order chi connectivity index (χ0) is 9.97. The molecule has 0 aliphatic rings. The lowest BCUT2D eigenvalue weighted by Gasteiger charge is -1.96. The van der Waals surface area contributed by atoms with E-state index < -0.39 is 0 Å². The number of hydrogen-bond donors (Lipinski definition) is 0. The molecule has 1 heterocycles. The van der Waals surface area contributed by atoms with Crippen molar-refractivity contribution < 1.29 is 4.42 Å². The van der Waals surface area contributed by atoms with E-state index in [1.54, 1.807) is 24.3 Å². The SMILES string of the molecule is N#CSc1cc(=O)c2ccccc2o1. The normalized spacial score (nSPS) is 9.93. The third kappa shape index (κ3) is 1.50. The standard InChI is InChI=1S/C10H5NO2S/c11-6-14-10-5-8(12)7-3-1-2-4-9(7)13-10/h1-5H. The molecule has 3 nitrogen and oxygen atoms in total. The third-order valence-corrected chi connectivity index (χ3v) is 2.25. The zero-order valence-corrected chi connectivity index (χ0v) is 7.88. The molecular formula is C10H5NO2S. The summed E-state index contributed by atoms with van der Waals surface area (Å²) in [6, 6.07) is 8.29. The maximum Gasteiger partial charge on any atom is 0.193 e. The number of nitriles is 1. The maximum atomic E-state index is 11.5. The van der Waals surface area contributed by atoms with Crippen LogP contribution in [0.5, 0.6) is 0 Å². The van der Waals surface area contributed by atoms with Gasteiger partial charge in [0.05, 0.1) is 5.39 Å². The molecule has 0 aliphatic carbocycles. The fraction of sp³-hybridized carbons (Fsp3) is 0. The van der Waals surface area contributed by atoms with Crippen LogP contribution in [0.3, 0.4) is 0 Å². The van der Waals surface area contributed by atoms with Crippen LogP contribution in [-0.4, -0.2) is 0 Å². The van der Waals surface area contributed by atoms with Gasteiger partial charge < -0.3 is 4.42 Å². The molecule has 1 aromatic carbocycles. The molecule has 0 unspecified atom stereocenters. The first kappa shape index (κ1) is 8.85. The minimum Gasteiger partial charge on any atom is -0.449 e. The highest BCUT2D eigenvalue weighted by molar-refractivity contribution is 8.03. The summed E-state index contributed by atoms with van der Waals surface area (Å²) in [4.78, 5) is 11.5. The smallest absolute Gasteiger partial charge is 0.193 e. The average molecular weight is 203 g/mol. The number of nitrogens with zero attached hydrogens (tertiary/aromatic N) is 1. The predicted molar refractivity (Wildman–Crippen MR) is 54.0 cm³/mol. The molecule has 0 radical (unpaired) electrons. The lowest BCUT2D eigenvalue weighted by Crippen LogP contribution is -1.98. The van der Waals surface area contributed by atoms with Gasteiger partial charge in [-0.2, -0.15) is 5.26 Å². The van der Waals surface area contributed by atoms with E-state index in [1.165, 1.54) is 6.07 Å². The summed E-state index contributed by atoms with van der Waals surface area (Å²) in [5, 5.41) is 11.2. The Bertz CT molecular complexity index is 568. The fourth-order valence-electron chi connectivity index (χ4n) is 1.18. The lowest BCUT2D eigenvalue weighted by molar-refractivity contribution is 0.501. The van der Waals surface area contributed by atoms with Gasteiger partial charge in [-0.25, -0.2) is 0 Å². The lowest BCUT2D eigenvalue weighted by atomic mass is 10.2. The van der Waals surface area contributed by atoms with E-state index in [4.69, 9.17) is 9.68 Å². The number of hydrogen-bond acceptors (Lipinski definition) is 4. The first-order chi connectivity index (χ1) is 6.81. The topological polar surface area (TPSA) is 54.0 Å². The molecule has 1 aromatic heterocycles.